The lowest BCUT2D eigenvalue weighted by Crippen LogP contribution is -2.45. The van der Waals surface area contributed by atoms with Crippen LogP contribution < -0.4 is 5.32 Å². The quantitative estimate of drug-likeness (QED) is 0.734. The van der Waals surface area contributed by atoms with Gasteiger partial charge in [-0.2, -0.15) is 0 Å². The van der Waals surface area contributed by atoms with Gasteiger partial charge in [-0.25, -0.2) is 0 Å². The molecule has 1 aliphatic carbocycles. The first-order valence-corrected chi connectivity index (χ1v) is 7.10. The highest BCUT2D eigenvalue weighted by Gasteiger charge is 2.28. The van der Waals surface area contributed by atoms with Crippen molar-refractivity contribution >= 4 is 5.97 Å². The van der Waals surface area contributed by atoms with Gasteiger partial charge in [0.2, 0.25) is 0 Å². The van der Waals surface area contributed by atoms with E-state index in [4.69, 9.17) is 4.74 Å². The summed E-state index contributed by atoms with van der Waals surface area (Å²) in [6.45, 7) is 5.59. The molecule has 4 nitrogen and oxygen atoms in total. The minimum Gasteiger partial charge on any atom is -0.466 e. The molecule has 0 aromatic rings. The minimum atomic E-state index is -0.00994. The molecule has 0 saturated heterocycles. The van der Waals surface area contributed by atoms with Crippen molar-refractivity contribution in [1.82, 2.24) is 10.2 Å². The normalized spacial score (nSPS) is 26.1. The Kier molecular flexibility index (Phi) is 6.65. The molecular weight excluding hydrogens is 228 g/mol. The van der Waals surface area contributed by atoms with E-state index in [0.29, 0.717) is 18.7 Å². The van der Waals surface area contributed by atoms with E-state index < -0.39 is 0 Å². The number of carbonyl (C=O) groups is 1. The van der Waals surface area contributed by atoms with Crippen LogP contribution in [0.1, 0.15) is 39.5 Å². The Labute approximate surface area is 111 Å². The smallest absolute Gasteiger partial charge is 0.308 e. The van der Waals surface area contributed by atoms with Gasteiger partial charge in [0.15, 0.2) is 0 Å². The number of nitrogens with zero attached hydrogens (tertiary/aromatic N) is 1. The second-order valence-electron chi connectivity index (χ2n) is 5.64. The first kappa shape index (κ1) is 15.4. The fourth-order valence-corrected chi connectivity index (χ4v) is 2.82. The summed E-state index contributed by atoms with van der Waals surface area (Å²) in [6.07, 6.45) is 4.21. The maximum Gasteiger partial charge on any atom is 0.308 e. The summed E-state index contributed by atoms with van der Waals surface area (Å²) in [6, 6.07) is 0.925. The van der Waals surface area contributed by atoms with Gasteiger partial charge in [-0.15, -0.1) is 0 Å². The number of carbonyl (C=O) groups excluding carboxylic acids is 1. The van der Waals surface area contributed by atoms with Crippen molar-refractivity contribution in [2.45, 2.75) is 51.6 Å². The largest absolute Gasteiger partial charge is 0.466 e. The summed E-state index contributed by atoms with van der Waals surface area (Å²) in [5.41, 5.74) is 0. The van der Waals surface area contributed by atoms with Crippen LogP contribution in [-0.2, 0) is 9.53 Å². The van der Waals surface area contributed by atoms with E-state index in [0.717, 1.165) is 25.8 Å². The predicted octanol–water partition coefficient (Wildman–Crippen LogP) is 1.65. The van der Waals surface area contributed by atoms with Gasteiger partial charge in [-0.05, 0) is 47.2 Å². The van der Waals surface area contributed by atoms with Gasteiger partial charge >= 0.3 is 5.97 Å². The fraction of sp³-hybridized carbons (Fsp3) is 0.929. The summed E-state index contributed by atoms with van der Waals surface area (Å²) in [7, 11) is 4.17. The fourth-order valence-electron chi connectivity index (χ4n) is 2.82. The standard InChI is InChI=1S/C14H28N2O2/c1-5-18-14(17)12-7-6-8-13(9-12)15-11(2)10-16(3)4/h11-13,15H,5-10H2,1-4H3. The van der Waals surface area contributed by atoms with E-state index in [1.165, 1.54) is 6.42 Å². The molecule has 0 spiro atoms. The molecular formula is C14H28N2O2. The van der Waals surface area contributed by atoms with Crippen LogP contribution in [0.25, 0.3) is 0 Å². The third-order valence-corrected chi connectivity index (χ3v) is 3.45. The number of hydrogen-bond acceptors (Lipinski definition) is 4. The van der Waals surface area contributed by atoms with Crippen molar-refractivity contribution in [2.24, 2.45) is 5.92 Å². The van der Waals surface area contributed by atoms with E-state index in [1.54, 1.807) is 0 Å². The van der Waals surface area contributed by atoms with Crippen molar-refractivity contribution in [3.8, 4) is 0 Å². The number of ether oxygens (including phenoxy) is 1. The van der Waals surface area contributed by atoms with Crippen LogP contribution in [0.15, 0.2) is 0 Å². The van der Waals surface area contributed by atoms with Crippen LogP contribution in [0, 0.1) is 5.92 Å². The maximum atomic E-state index is 11.7. The van der Waals surface area contributed by atoms with Crippen LogP contribution in [0.4, 0.5) is 0 Å². The average molecular weight is 256 g/mol. The first-order chi connectivity index (χ1) is 8.52. The Hall–Kier alpha value is -0.610. The topological polar surface area (TPSA) is 41.6 Å². The zero-order chi connectivity index (χ0) is 13.5. The van der Waals surface area contributed by atoms with E-state index >= 15 is 0 Å². The van der Waals surface area contributed by atoms with Crippen molar-refractivity contribution in [2.75, 3.05) is 27.2 Å². The monoisotopic (exact) mass is 256 g/mol. The summed E-state index contributed by atoms with van der Waals surface area (Å²) in [5, 5.41) is 3.63. The van der Waals surface area contributed by atoms with Gasteiger partial charge in [0, 0.05) is 18.6 Å². The molecule has 1 N–H and O–H groups in total. The third kappa shape index (κ3) is 5.36. The zero-order valence-electron chi connectivity index (χ0n) is 12.2. The van der Waals surface area contributed by atoms with Crippen LogP contribution in [0.2, 0.25) is 0 Å². The molecule has 4 heteroatoms. The van der Waals surface area contributed by atoms with Crippen LogP contribution in [0.5, 0.6) is 0 Å². The Morgan fingerprint density at radius 3 is 2.78 bits per heavy atom. The van der Waals surface area contributed by atoms with Gasteiger partial charge in [-0.3, -0.25) is 4.79 Å². The average Bonchev–Trinajstić information content (AvgIpc) is 2.28. The molecule has 0 aliphatic heterocycles. The zero-order valence-corrected chi connectivity index (χ0v) is 12.2. The molecule has 1 rings (SSSR count). The number of nitrogens with one attached hydrogen (secondary N) is 1. The summed E-state index contributed by atoms with van der Waals surface area (Å²) in [4.78, 5) is 13.9. The number of esters is 1. The van der Waals surface area contributed by atoms with Crippen molar-refractivity contribution in [1.29, 1.82) is 0 Å². The Morgan fingerprint density at radius 1 is 1.44 bits per heavy atom. The molecule has 0 aromatic heterocycles. The Balaban J connectivity index is 2.36. The van der Waals surface area contributed by atoms with Gasteiger partial charge < -0.3 is 15.0 Å². The van der Waals surface area contributed by atoms with E-state index in [1.807, 2.05) is 6.92 Å². The molecule has 0 amide bonds. The van der Waals surface area contributed by atoms with Crippen LogP contribution in [-0.4, -0.2) is 50.2 Å². The first-order valence-electron chi connectivity index (χ1n) is 7.10. The van der Waals surface area contributed by atoms with Gasteiger partial charge in [0.05, 0.1) is 12.5 Å². The highest BCUT2D eigenvalue weighted by atomic mass is 16.5. The van der Waals surface area contributed by atoms with E-state index in [-0.39, 0.29) is 11.9 Å². The van der Waals surface area contributed by atoms with Crippen LogP contribution in [0.3, 0.4) is 0 Å². The maximum absolute atomic E-state index is 11.7. The molecule has 0 aromatic carbocycles. The molecule has 1 saturated carbocycles. The molecule has 3 atom stereocenters. The third-order valence-electron chi connectivity index (χ3n) is 3.45. The highest BCUT2D eigenvalue weighted by Crippen LogP contribution is 2.25. The summed E-state index contributed by atoms with van der Waals surface area (Å²) < 4.78 is 5.12. The highest BCUT2D eigenvalue weighted by molar-refractivity contribution is 5.72. The van der Waals surface area contributed by atoms with Crippen LogP contribution >= 0.6 is 0 Å². The Bertz CT molecular complexity index is 256. The molecule has 0 heterocycles. The van der Waals surface area contributed by atoms with Crippen molar-refractivity contribution in [3.63, 3.8) is 0 Å². The molecule has 0 bridgehead atoms. The van der Waals surface area contributed by atoms with E-state index in [2.05, 4.69) is 31.2 Å². The lowest BCUT2D eigenvalue weighted by atomic mass is 9.85. The SMILES string of the molecule is CCOC(=O)C1CCCC(NC(C)CN(C)C)C1. The lowest BCUT2D eigenvalue weighted by molar-refractivity contribution is -0.149. The molecule has 1 aliphatic rings. The van der Waals surface area contributed by atoms with Gasteiger partial charge in [0.1, 0.15) is 0 Å². The minimum absolute atomic E-state index is 0.00994. The van der Waals surface area contributed by atoms with Crippen molar-refractivity contribution in [3.05, 3.63) is 0 Å². The molecule has 106 valence electrons. The van der Waals surface area contributed by atoms with Gasteiger partial charge in [-0.1, -0.05) is 6.42 Å². The van der Waals surface area contributed by atoms with Gasteiger partial charge in [0.25, 0.3) is 0 Å². The Morgan fingerprint density at radius 2 is 2.17 bits per heavy atom. The number of likely N-dealkylation sites (N-methyl/N-ethyl adjacent to an activating group) is 1. The molecule has 0 radical (unpaired) electrons. The molecule has 18 heavy (non-hydrogen) atoms. The van der Waals surface area contributed by atoms with E-state index in [9.17, 15) is 4.79 Å². The van der Waals surface area contributed by atoms with Crippen molar-refractivity contribution < 1.29 is 9.53 Å². The summed E-state index contributed by atoms with van der Waals surface area (Å²) in [5.74, 6) is 0.0898. The molecule has 1 fully saturated rings. The summed E-state index contributed by atoms with van der Waals surface area (Å²) >= 11 is 0. The lowest BCUT2D eigenvalue weighted by Gasteiger charge is -2.31. The predicted molar refractivity (Wildman–Crippen MR) is 73.5 cm³/mol. The molecule has 3 unspecified atom stereocenters. The second kappa shape index (κ2) is 7.74. The second-order valence-corrected chi connectivity index (χ2v) is 5.64. The number of rotatable bonds is 6. The number of hydrogen-bond donors (Lipinski definition) is 1.